The predicted octanol–water partition coefficient (Wildman–Crippen LogP) is 1.97. The molecule has 12 heavy (non-hydrogen) atoms. The number of rotatable bonds is 2. The predicted molar refractivity (Wildman–Crippen MR) is 50.8 cm³/mol. The van der Waals surface area contributed by atoms with Crippen molar-refractivity contribution in [3.8, 4) is 0 Å². The van der Waals surface area contributed by atoms with E-state index < -0.39 is 0 Å². The molecular weight excluding hydrogens is 146 g/mol. The molecule has 64 valence electrons. The van der Waals surface area contributed by atoms with E-state index >= 15 is 0 Å². The molecule has 0 aliphatic heterocycles. The van der Waals surface area contributed by atoms with Crippen LogP contribution in [0.25, 0.3) is 0 Å². The minimum Gasteiger partial charge on any atom is -0.327 e. The molecule has 0 saturated heterocycles. The van der Waals surface area contributed by atoms with E-state index in [-0.39, 0.29) is 0 Å². The fourth-order valence-corrected chi connectivity index (χ4v) is 1.77. The standard InChI is InChI=1S/C11H15N/c12-11-7-6-10(11)8-9-4-2-1-3-5-9/h1-5,10-11H,6-8,12H2. The zero-order valence-electron chi connectivity index (χ0n) is 7.24. The molecule has 2 unspecified atom stereocenters. The zero-order valence-corrected chi connectivity index (χ0v) is 7.24. The normalized spacial score (nSPS) is 28.1. The van der Waals surface area contributed by atoms with Crippen LogP contribution in [0.2, 0.25) is 0 Å². The van der Waals surface area contributed by atoms with Gasteiger partial charge in [-0.15, -0.1) is 0 Å². The van der Waals surface area contributed by atoms with E-state index in [2.05, 4.69) is 30.3 Å². The molecule has 0 spiro atoms. The van der Waals surface area contributed by atoms with Gasteiger partial charge in [0, 0.05) is 6.04 Å². The lowest BCUT2D eigenvalue weighted by molar-refractivity contribution is 0.256. The van der Waals surface area contributed by atoms with Gasteiger partial charge in [-0.05, 0) is 30.7 Å². The monoisotopic (exact) mass is 161 g/mol. The molecule has 2 N–H and O–H groups in total. The lowest BCUT2D eigenvalue weighted by atomic mass is 9.76. The Morgan fingerprint density at radius 3 is 2.42 bits per heavy atom. The number of hydrogen-bond donors (Lipinski definition) is 1. The Hall–Kier alpha value is -0.820. The van der Waals surface area contributed by atoms with Crippen LogP contribution >= 0.6 is 0 Å². The molecule has 0 aromatic heterocycles. The van der Waals surface area contributed by atoms with Crippen LogP contribution in [0.5, 0.6) is 0 Å². The maximum absolute atomic E-state index is 5.87. The molecule has 1 fully saturated rings. The van der Waals surface area contributed by atoms with Gasteiger partial charge in [-0.25, -0.2) is 0 Å². The molecule has 0 bridgehead atoms. The largest absolute Gasteiger partial charge is 0.327 e. The third-order valence-corrected chi connectivity index (χ3v) is 2.82. The summed E-state index contributed by atoms with van der Waals surface area (Å²) in [5.74, 6) is 0.743. The average Bonchev–Trinajstić information content (AvgIpc) is 2.14. The highest BCUT2D eigenvalue weighted by atomic mass is 14.7. The summed E-state index contributed by atoms with van der Waals surface area (Å²) in [6.07, 6.45) is 3.70. The van der Waals surface area contributed by atoms with Crippen molar-refractivity contribution < 1.29 is 0 Å². The van der Waals surface area contributed by atoms with Gasteiger partial charge in [0.15, 0.2) is 0 Å². The van der Waals surface area contributed by atoms with E-state index in [9.17, 15) is 0 Å². The smallest absolute Gasteiger partial charge is 0.00704 e. The maximum Gasteiger partial charge on any atom is 0.00704 e. The summed E-state index contributed by atoms with van der Waals surface area (Å²) in [6.45, 7) is 0. The van der Waals surface area contributed by atoms with Gasteiger partial charge in [-0.3, -0.25) is 0 Å². The first-order chi connectivity index (χ1) is 5.86. The van der Waals surface area contributed by atoms with E-state index in [4.69, 9.17) is 5.73 Å². The first kappa shape index (κ1) is 7.81. The third kappa shape index (κ3) is 1.51. The highest BCUT2D eigenvalue weighted by Gasteiger charge is 2.26. The minimum atomic E-state index is 0.463. The summed E-state index contributed by atoms with van der Waals surface area (Å²) in [7, 11) is 0. The van der Waals surface area contributed by atoms with Crippen molar-refractivity contribution in [3.63, 3.8) is 0 Å². The van der Waals surface area contributed by atoms with Gasteiger partial charge in [0.25, 0.3) is 0 Å². The Kier molecular flexibility index (Phi) is 2.13. The van der Waals surface area contributed by atoms with Crippen molar-refractivity contribution in [1.29, 1.82) is 0 Å². The molecule has 0 radical (unpaired) electrons. The van der Waals surface area contributed by atoms with Gasteiger partial charge in [0.05, 0.1) is 0 Å². The molecule has 2 rings (SSSR count). The number of nitrogens with two attached hydrogens (primary N) is 1. The van der Waals surface area contributed by atoms with Gasteiger partial charge >= 0.3 is 0 Å². The van der Waals surface area contributed by atoms with Crippen LogP contribution in [-0.2, 0) is 6.42 Å². The second kappa shape index (κ2) is 3.28. The molecule has 0 heterocycles. The summed E-state index contributed by atoms with van der Waals surface area (Å²) in [4.78, 5) is 0. The fraction of sp³-hybridized carbons (Fsp3) is 0.455. The highest BCUT2D eigenvalue weighted by molar-refractivity contribution is 5.16. The van der Waals surface area contributed by atoms with Crippen molar-refractivity contribution >= 4 is 0 Å². The Bertz CT molecular complexity index is 242. The Morgan fingerprint density at radius 2 is 1.92 bits per heavy atom. The lowest BCUT2D eigenvalue weighted by Gasteiger charge is -2.33. The second-order valence-electron chi connectivity index (χ2n) is 3.69. The summed E-state index contributed by atoms with van der Waals surface area (Å²) >= 11 is 0. The van der Waals surface area contributed by atoms with Crippen molar-refractivity contribution in [3.05, 3.63) is 35.9 Å². The van der Waals surface area contributed by atoms with Crippen LogP contribution in [-0.4, -0.2) is 6.04 Å². The Morgan fingerprint density at radius 1 is 1.17 bits per heavy atom. The molecule has 1 aliphatic rings. The Balaban J connectivity index is 1.95. The SMILES string of the molecule is NC1CCC1Cc1ccccc1. The molecular formula is C11H15N. The molecule has 1 saturated carbocycles. The van der Waals surface area contributed by atoms with Gasteiger partial charge in [0.1, 0.15) is 0 Å². The van der Waals surface area contributed by atoms with E-state index in [1.807, 2.05) is 0 Å². The maximum atomic E-state index is 5.87. The minimum absolute atomic E-state index is 0.463. The van der Waals surface area contributed by atoms with Gasteiger partial charge in [-0.1, -0.05) is 30.3 Å². The molecule has 1 nitrogen and oxygen atoms in total. The molecule has 1 aromatic carbocycles. The van der Waals surface area contributed by atoms with Crippen LogP contribution in [0.1, 0.15) is 18.4 Å². The van der Waals surface area contributed by atoms with Crippen molar-refractivity contribution in [2.45, 2.75) is 25.3 Å². The molecule has 1 heteroatoms. The summed E-state index contributed by atoms with van der Waals surface area (Å²) in [5.41, 5.74) is 7.30. The van der Waals surface area contributed by atoms with Gasteiger partial charge < -0.3 is 5.73 Å². The second-order valence-corrected chi connectivity index (χ2v) is 3.69. The summed E-state index contributed by atoms with van der Waals surface area (Å²) < 4.78 is 0. The van der Waals surface area contributed by atoms with Crippen molar-refractivity contribution in [2.75, 3.05) is 0 Å². The third-order valence-electron chi connectivity index (χ3n) is 2.82. The zero-order chi connectivity index (χ0) is 8.39. The van der Waals surface area contributed by atoms with Crippen LogP contribution in [0, 0.1) is 5.92 Å². The van der Waals surface area contributed by atoms with Crippen LogP contribution in [0.3, 0.4) is 0 Å². The molecule has 2 atom stereocenters. The molecule has 1 aliphatic carbocycles. The van der Waals surface area contributed by atoms with Crippen LogP contribution in [0.4, 0.5) is 0 Å². The summed E-state index contributed by atoms with van der Waals surface area (Å²) in [5, 5.41) is 0. The fourth-order valence-electron chi connectivity index (χ4n) is 1.77. The van der Waals surface area contributed by atoms with E-state index in [0.29, 0.717) is 6.04 Å². The van der Waals surface area contributed by atoms with E-state index in [1.54, 1.807) is 0 Å². The Labute approximate surface area is 73.6 Å². The first-order valence-electron chi connectivity index (χ1n) is 4.66. The van der Waals surface area contributed by atoms with Crippen molar-refractivity contribution in [1.82, 2.24) is 0 Å². The summed E-state index contributed by atoms with van der Waals surface area (Å²) in [6, 6.07) is 11.1. The topological polar surface area (TPSA) is 26.0 Å². The lowest BCUT2D eigenvalue weighted by Crippen LogP contribution is -2.40. The average molecular weight is 161 g/mol. The van der Waals surface area contributed by atoms with Crippen molar-refractivity contribution in [2.24, 2.45) is 11.7 Å². The van der Waals surface area contributed by atoms with Gasteiger partial charge in [-0.2, -0.15) is 0 Å². The van der Waals surface area contributed by atoms with Crippen LogP contribution < -0.4 is 5.73 Å². The first-order valence-corrected chi connectivity index (χ1v) is 4.66. The van der Waals surface area contributed by atoms with E-state index in [1.165, 1.54) is 24.8 Å². The molecule has 0 amide bonds. The van der Waals surface area contributed by atoms with Crippen LogP contribution in [0.15, 0.2) is 30.3 Å². The quantitative estimate of drug-likeness (QED) is 0.705. The number of benzene rings is 1. The molecule has 1 aromatic rings. The highest BCUT2D eigenvalue weighted by Crippen LogP contribution is 2.28. The van der Waals surface area contributed by atoms with E-state index in [0.717, 1.165) is 5.92 Å². The number of hydrogen-bond acceptors (Lipinski definition) is 1. The van der Waals surface area contributed by atoms with Gasteiger partial charge in [0.2, 0.25) is 0 Å².